The number of hydrogen-bond donors (Lipinski definition) is 1. The summed E-state index contributed by atoms with van der Waals surface area (Å²) in [5.41, 5.74) is 11.0. The molecule has 3 heteroatoms. The molecule has 1 amide bonds. The molecule has 1 fully saturated rings. The molecule has 1 aliphatic rings. The molecular formula is C28H32N2O. The van der Waals surface area contributed by atoms with Gasteiger partial charge in [-0.25, -0.2) is 0 Å². The molecule has 1 aliphatic carbocycles. The van der Waals surface area contributed by atoms with Crippen LogP contribution in [0.5, 0.6) is 0 Å². The first-order valence-electron chi connectivity index (χ1n) is 11.3. The van der Waals surface area contributed by atoms with Crippen LogP contribution in [0.4, 0.5) is 5.69 Å². The Balaban J connectivity index is 1.55. The van der Waals surface area contributed by atoms with Gasteiger partial charge in [0.05, 0.1) is 0 Å². The van der Waals surface area contributed by atoms with E-state index in [2.05, 4.69) is 62.4 Å². The fourth-order valence-electron chi connectivity index (χ4n) is 4.44. The van der Waals surface area contributed by atoms with Crippen molar-refractivity contribution in [3.8, 4) is 11.1 Å². The number of carbonyl (C=O) groups is 1. The molecule has 160 valence electrons. The topological polar surface area (TPSA) is 46.3 Å². The minimum Gasteiger partial charge on any atom is -0.326 e. The molecule has 4 rings (SSSR count). The molecule has 2 N–H and O–H groups in total. The third-order valence-corrected chi connectivity index (χ3v) is 6.08. The Morgan fingerprint density at radius 3 is 2.10 bits per heavy atom. The predicted molar refractivity (Wildman–Crippen MR) is 129 cm³/mol. The zero-order valence-corrected chi connectivity index (χ0v) is 18.4. The summed E-state index contributed by atoms with van der Waals surface area (Å²) in [6.45, 7) is 4.90. The molecule has 0 aliphatic heterocycles. The van der Waals surface area contributed by atoms with E-state index in [9.17, 15) is 4.79 Å². The highest BCUT2D eigenvalue weighted by Gasteiger charge is 2.46. The average Bonchev–Trinajstić information content (AvgIpc) is 3.59. The van der Waals surface area contributed by atoms with E-state index in [1.54, 1.807) is 0 Å². The van der Waals surface area contributed by atoms with Gasteiger partial charge in [0.25, 0.3) is 0 Å². The van der Waals surface area contributed by atoms with Gasteiger partial charge in [-0.2, -0.15) is 0 Å². The molecule has 3 nitrogen and oxygen atoms in total. The average molecular weight is 413 g/mol. The molecule has 0 bridgehead atoms. The number of hydrogen-bond acceptors (Lipinski definition) is 2. The molecule has 0 saturated heterocycles. The van der Waals surface area contributed by atoms with Crippen LogP contribution in [-0.2, 0) is 4.79 Å². The number of nitrogens with two attached hydrogens (primary N) is 1. The van der Waals surface area contributed by atoms with Gasteiger partial charge in [-0.15, -0.1) is 0 Å². The summed E-state index contributed by atoms with van der Waals surface area (Å²) in [7, 11) is 0. The van der Waals surface area contributed by atoms with Gasteiger partial charge < -0.3 is 10.6 Å². The Hall–Kier alpha value is -2.91. The summed E-state index contributed by atoms with van der Waals surface area (Å²) < 4.78 is 0. The molecule has 0 heterocycles. The van der Waals surface area contributed by atoms with Crippen LogP contribution < -0.4 is 10.6 Å². The molecule has 3 aromatic rings. The van der Waals surface area contributed by atoms with Crippen LogP contribution in [0.1, 0.15) is 38.2 Å². The molecule has 0 unspecified atom stereocenters. The summed E-state index contributed by atoms with van der Waals surface area (Å²) in [4.78, 5) is 15.5. The summed E-state index contributed by atoms with van der Waals surface area (Å²) in [5.74, 6) is 1.06. The monoisotopic (exact) mass is 412 g/mol. The number of nitrogens with zero attached hydrogens (tertiary/aromatic N) is 1. The first-order chi connectivity index (χ1) is 15.0. The number of amides is 1. The predicted octanol–water partition coefficient (Wildman–Crippen LogP) is 5.86. The van der Waals surface area contributed by atoms with E-state index in [0.29, 0.717) is 18.4 Å². The highest BCUT2D eigenvalue weighted by molar-refractivity contribution is 5.97. The highest BCUT2D eigenvalue weighted by atomic mass is 16.2. The van der Waals surface area contributed by atoms with Gasteiger partial charge >= 0.3 is 0 Å². The maximum absolute atomic E-state index is 13.5. The van der Waals surface area contributed by atoms with Gasteiger partial charge in [-0.05, 0) is 53.5 Å². The van der Waals surface area contributed by atoms with E-state index in [1.807, 2.05) is 41.3 Å². The van der Waals surface area contributed by atoms with Crippen molar-refractivity contribution in [3.63, 3.8) is 0 Å². The van der Waals surface area contributed by atoms with Crippen molar-refractivity contribution in [2.24, 2.45) is 17.6 Å². The van der Waals surface area contributed by atoms with E-state index >= 15 is 0 Å². The van der Waals surface area contributed by atoms with Crippen molar-refractivity contribution in [1.82, 2.24) is 0 Å². The molecule has 0 radical (unpaired) electrons. The normalized spacial score (nSPS) is 18.6. The van der Waals surface area contributed by atoms with Crippen molar-refractivity contribution in [2.75, 3.05) is 11.4 Å². The molecule has 3 atom stereocenters. The Morgan fingerprint density at radius 1 is 0.903 bits per heavy atom. The van der Waals surface area contributed by atoms with Gasteiger partial charge in [0.2, 0.25) is 5.91 Å². The van der Waals surface area contributed by atoms with E-state index in [-0.39, 0.29) is 17.9 Å². The van der Waals surface area contributed by atoms with Crippen LogP contribution in [0, 0.1) is 11.8 Å². The minimum atomic E-state index is -0.0355. The maximum atomic E-state index is 13.5. The Kier molecular flexibility index (Phi) is 6.53. The summed E-state index contributed by atoms with van der Waals surface area (Å²) in [5, 5.41) is 0. The molecule has 1 saturated carbocycles. The number of anilines is 1. The Bertz CT molecular complexity index is 983. The molecule has 3 aromatic carbocycles. The van der Waals surface area contributed by atoms with E-state index in [1.165, 1.54) is 11.1 Å². The molecule has 0 spiro atoms. The van der Waals surface area contributed by atoms with Crippen LogP contribution in [-0.4, -0.2) is 18.5 Å². The summed E-state index contributed by atoms with van der Waals surface area (Å²) >= 11 is 0. The summed E-state index contributed by atoms with van der Waals surface area (Å²) in [6.07, 6.45) is 1.82. The largest absolute Gasteiger partial charge is 0.326 e. The third-order valence-electron chi connectivity index (χ3n) is 6.08. The van der Waals surface area contributed by atoms with Crippen molar-refractivity contribution in [1.29, 1.82) is 0 Å². The second-order valence-electron chi connectivity index (χ2n) is 9.11. The van der Waals surface area contributed by atoms with Crippen LogP contribution >= 0.6 is 0 Å². The van der Waals surface area contributed by atoms with Gasteiger partial charge in [-0.3, -0.25) is 4.79 Å². The Labute approximate surface area is 185 Å². The second kappa shape index (κ2) is 9.49. The third kappa shape index (κ3) is 5.23. The van der Waals surface area contributed by atoms with Crippen LogP contribution in [0.3, 0.4) is 0 Å². The smallest absolute Gasteiger partial charge is 0.230 e. The standard InChI is InChI=1S/C28H32N2O/c1-20(2)17-24(29)19-30(28(31)27-18-26(27)23-11-7-4-8-12-23)25-15-13-22(14-16-25)21-9-5-3-6-10-21/h3-16,20,24,26-27H,17-19,29H2,1-2H3/t24-,26-,27+/m0/s1. The number of rotatable bonds is 8. The second-order valence-corrected chi connectivity index (χ2v) is 9.11. The van der Waals surface area contributed by atoms with Crippen molar-refractivity contribution >= 4 is 11.6 Å². The zero-order valence-electron chi connectivity index (χ0n) is 18.4. The van der Waals surface area contributed by atoms with E-state index in [4.69, 9.17) is 5.73 Å². The molecule has 0 aromatic heterocycles. The van der Waals surface area contributed by atoms with Crippen LogP contribution in [0.2, 0.25) is 0 Å². The fraction of sp³-hybridized carbons (Fsp3) is 0.321. The minimum absolute atomic E-state index is 0.0355. The lowest BCUT2D eigenvalue weighted by Gasteiger charge is -2.27. The van der Waals surface area contributed by atoms with Gasteiger partial charge in [0.1, 0.15) is 0 Å². The van der Waals surface area contributed by atoms with Crippen LogP contribution in [0.25, 0.3) is 11.1 Å². The van der Waals surface area contributed by atoms with Crippen molar-refractivity contribution in [3.05, 3.63) is 90.5 Å². The van der Waals surface area contributed by atoms with Gasteiger partial charge in [0, 0.05) is 24.2 Å². The lowest BCUT2D eigenvalue weighted by molar-refractivity contribution is -0.120. The first kappa shape index (κ1) is 21.3. The lowest BCUT2D eigenvalue weighted by Crippen LogP contribution is -2.42. The lowest BCUT2D eigenvalue weighted by atomic mass is 10.0. The fourth-order valence-corrected chi connectivity index (χ4v) is 4.44. The van der Waals surface area contributed by atoms with Crippen LogP contribution in [0.15, 0.2) is 84.9 Å². The number of benzene rings is 3. The van der Waals surface area contributed by atoms with Crippen molar-refractivity contribution < 1.29 is 4.79 Å². The van der Waals surface area contributed by atoms with E-state index in [0.717, 1.165) is 24.1 Å². The van der Waals surface area contributed by atoms with Gasteiger partial charge in [0.15, 0.2) is 0 Å². The van der Waals surface area contributed by atoms with Gasteiger partial charge in [-0.1, -0.05) is 86.6 Å². The quantitative estimate of drug-likeness (QED) is 0.503. The zero-order chi connectivity index (χ0) is 21.8. The summed E-state index contributed by atoms with van der Waals surface area (Å²) in [6, 6.07) is 29.0. The van der Waals surface area contributed by atoms with Crippen molar-refractivity contribution in [2.45, 2.75) is 38.6 Å². The first-order valence-corrected chi connectivity index (χ1v) is 11.3. The van der Waals surface area contributed by atoms with E-state index < -0.39 is 0 Å². The Morgan fingerprint density at radius 2 is 1.48 bits per heavy atom. The SMILES string of the molecule is CC(C)C[C@H](N)CN(C(=O)[C@@H]1C[C@H]1c1ccccc1)c1ccc(-c2ccccc2)cc1. The molecule has 31 heavy (non-hydrogen) atoms. The number of carbonyl (C=O) groups excluding carboxylic acids is 1. The highest BCUT2D eigenvalue weighted by Crippen LogP contribution is 2.48. The maximum Gasteiger partial charge on any atom is 0.230 e. The molecular weight excluding hydrogens is 380 g/mol.